The summed E-state index contributed by atoms with van der Waals surface area (Å²) in [4.78, 5) is 0.325. The van der Waals surface area contributed by atoms with Gasteiger partial charge >= 0.3 is 12.4 Å². The third-order valence-corrected chi connectivity index (χ3v) is 6.39. The number of fused-ring (bicyclic) bond motifs is 1. The van der Waals surface area contributed by atoms with Crippen molar-refractivity contribution in [3.63, 3.8) is 0 Å². The Kier molecular flexibility index (Phi) is 5.85. The van der Waals surface area contributed by atoms with E-state index in [0.29, 0.717) is 15.7 Å². The van der Waals surface area contributed by atoms with Crippen LogP contribution in [-0.4, -0.2) is 51.3 Å². The van der Waals surface area contributed by atoms with Crippen LogP contribution in [0.2, 0.25) is 0 Å². The monoisotopic (exact) mass is 440 g/mol. The minimum absolute atomic E-state index is 0.00825. The van der Waals surface area contributed by atoms with E-state index in [0.717, 1.165) is 0 Å². The number of sulfonamides is 1. The zero-order valence-electron chi connectivity index (χ0n) is 15.0. The molecule has 2 aromatic carbocycles. The van der Waals surface area contributed by atoms with E-state index >= 15 is 0 Å². The summed E-state index contributed by atoms with van der Waals surface area (Å²) >= 11 is 0. The van der Waals surface area contributed by atoms with Gasteiger partial charge < -0.3 is 0 Å². The molecule has 0 radical (unpaired) electrons. The van der Waals surface area contributed by atoms with Crippen LogP contribution in [0.4, 0.5) is 26.3 Å². The second kappa shape index (κ2) is 7.77. The first kappa shape index (κ1) is 21.8. The van der Waals surface area contributed by atoms with Crippen molar-refractivity contribution in [1.29, 1.82) is 0 Å². The SMILES string of the molecule is O=S(=O)(NCC1CCN(C(C(F)(F)F)C(F)(F)F)C1)c1cccc2ccccc12. The van der Waals surface area contributed by atoms with E-state index in [1.54, 1.807) is 36.4 Å². The average molecular weight is 440 g/mol. The third-order valence-electron chi connectivity index (χ3n) is 4.90. The van der Waals surface area contributed by atoms with Gasteiger partial charge in [-0.1, -0.05) is 36.4 Å². The van der Waals surface area contributed by atoms with Gasteiger partial charge in [0.05, 0.1) is 4.90 Å². The van der Waals surface area contributed by atoms with Crippen molar-refractivity contribution >= 4 is 20.8 Å². The number of hydrogen-bond acceptors (Lipinski definition) is 3. The first-order valence-electron chi connectivity index (χ1n) is 8.74. The maximum atomic E-state index is 12.9. The minimum atomic E-state index is -5.45. The smallest absolute Gasteiger partial charge is 0.284 e. The highest BCUT2D eigenvalue weighted by molar-refractivity contribution is 7.89. The number of rotatable bonds is 5. The standard InChI is InChI=1S/C18H18F6N2O2S/c19-17(20,21)16(18(22,23)24)26-9-8-12(11-26)10-25-29(27,28)15-7-3-5-13-4-1-2-6-14(13)15/h1-7,12,16,25H,8-11H2. The Bertz CT molecular complexity index is 955. The van der Waals surface area contributed by atoms with E-state index in [-0.39, 0.29) is 17.9 Å². The molecule has 29 heavy (non-hydrogen) atoms. The van der Waals surface area contributed by atoms with E-state index in [4.69, 9.17) is 0 Å². The Morgan fingerprint density at radius 1 is 1.00 bits per heavy atom. The van der Waals surface area contributed by atoms with Gasteiger partial charge in [-0.25, -0.2) is 13.1 Å². The second-order valence-electron chi connectivity index (χ2n) is 6.96. The Hall–Kier alpha value is -1.85. The first-order valence-corrected chi connectivity index (χ1v) is 10.2. The fourth-order valence-corrected chi connectivity index (χ4v) is 4.94. The zero-order valence-corrected chi connectivity index (χ0v) is 15.8. The van der Waals surface area contributed by atoms with Gasteiger partial charge in [0.15, 0.2) is 0 Å². The first-order chi connectivity index (χ1) is 13.4. The van der Waals surface area contributed by atoms with E-state index in [9.17, 15) is 34.8 Å². The van der Waals surface area contributed by atoms with Crippen molar-refractivity contribution in [2.75, 3.05) is 19.6 Å². The van der Waals surface area contributed by atoms with Gasteiger partial charge in [-0.2, -0.15) is 26.3 Å². The van der Waals surface area contributed by atoms with Crippen LogP contribution in [0.3, 0.4) is 0 Å². The molecule has 160 valence electrons. The van der Waals surface area contributed by atoms with Gasteiger partial charge in [0.1, 0.15) is 0 Å². The Morgan fingerprint density at radius 2 is 1.62 bits per heavy atom. The molecule has 2 aromatic rings. The van der Waals surface area contributed by atoms with Crippen LogP contribution < -0.4 is 4.72 Å². The van der Waals surface area contributed by atoms with Crippen molar-refractivity contribution in [3.8, 4) is 0 Å². The number of likely N-dealkylation sites (tertiary alicyclic amines) is 1. The lowest BCUT2D eigenvalue weighted by Gasteiger charge is -2.31. The topological polar surface area (TPSA) is 49.4 Å². The summed E-state index contributed by atoms with van der Waals surface area (Å²) in [6.07, 6.45) is -10.9. The van der Waals surface area contributed by atoms with Gasteiger partial charge in [-0.15, -0.1) is 0 Å². The number of hydrogen-bond donors (Lipinski definition) is 1. The molecule has 1 aliphatic rings. The summed E-state index contributed by atoms with van der Waals surface area (Å²) in [5, 5.41) is 1.17. The maximum absolute atomic E-state index is 12.9. The molecule has 0 bridgehead atoms. The van der Waals surface area contributed by atoms with Gasteiger partial charge in [-0.3, -0.25) is 4.90 Å². The molecule has 0 spiro atoms. The molecule has 0 aliphatic carbocycles. The Morgan fingerprint density at radius 3 is 2.28 bits per heavy atom. The molecule has 1 unspecified atom stereocenters. The Balaban J connectivity index is 1.71. The number of alkyl halides is 6. The predicted molar refractivity (Wildman–Crippen MR) is 94.7 cm³/mol. The molecule has 1 atom stereocenters. The highest BCUT2D eigenvalue weighted by Crippen LogP contribution is 2.39. The van der Waals surface area contributed by atoms with Gasteiger partial charge in [0.25, 0.3) is 0 Å². The normalized spacial score (nSPS) is 19.3. The fraction of sp³-hybridized carbons (Fsp3) is 0.444. The minimum Gasteiger partial charge on any atom is -0.284 e. The second-order valence-corrected chi connectivity index (χ2v) is 8.70. The highest BCUT2D eigenvalue weighted by Gasteiger charge is 2.60. The molecule has 3 rings (SSSR count). The van der Waals surface area contributed by atoms with Crippen molar-refractivity contribution in [3.05, 3.63) is 42.5 Å². The molecule has 0 amide bonds. The number of benzene rings is 2. The average Bonchev–Trinajstić information content (AvgIpc) is 3.05. The van der Waals surface area contributed by atoms with Crippen LogP contribution in [-0.2, 0) is 10.0 Å². The van der Waals surface area contributed by atoms with Crippen LogP contribution in [0.15, 0.2) is 47.4 Å². The van der Waals surface area contributed by atoms with Gasteiger partial charge in [-0.05, 0) is 30.3 Å². The van der Waals surface area contributed by atoms with Crippen LogP contribution in [0.1, 0.15) is 6.42 Å². The van der Waals surface area contributed by atoms with E-state index < -0.39 is 47.4 Å². The molecular formula is C18H18F6N2O2S. The molecule has 1 saturated heterocycles. The maximum Gasteiger partial charge on any atom is 0.412 e. The number of halogens is 6. The predicted octanol–water partition coefficient (Wildman–Crippen LogP) is 3.93. The molecule has 0 saturated carbocycles. The van der Waals surface area contributed by atoms with E-state index in [1.165, 1.54) is 6.07 Å². The molecule has 11 heteroatoms. The molecule has 1 N–H and O–H groups in total. The summed E-state index contributed by atoms with van der Waals surface area (Å²) in [6, 6.07) is 7.92. The summed E-state index contributed by atoms with van der Waals surface area (Å²) in [5.41, 5.74) is 0. The van der Waals surface area contributed by atoms with Gasteiger partial charge in [0.2, 0.25) is 16.1 Å². The van der Waals surface area contributed by atoms with Crippen molar-refractivity contribution in [2.24, 2.45) is 5.92 Å². The summed E-state index contributed by atoms with van der Waals surface area (Å²) < 4.78 is 105. The van der Waals surface area contributed by atoms with Crippen LogP contribution in [0.5, 0.6) is 0 Å². The van der Waals surface area contributed by atoms with Crippen LogP contribution >= 0.6 is 0 Å². The van der Waals surface area contributed by atoms with Crippen molar-refractivity contribution in [1.82, 2.24) is 9.62 Å². The quantitative estimate of drug-likeness (QED) is 0.717. The van der Waals surface area contributed by atoms with Gasteiger partial charge in [0, 0.05) is 18.5 Å². The summed E-state index contributed by atoms with van der Waals surface area (Å²) in [7, 11) is -3.98. The lowest BCUT2D eigenvalue weighted by molar-refractivity contribution is -0.285. The molecule has 0 aromatic heterocycles. The van der Waals surface area contributed by atoms with Crippen LogP contribution in [0, 0.1) is 5.92 Å². The van der Waals surface area contributed by atoms with Crippen molar-refractivity contribution < 1.29 is 34.8 Å². The molecular weight excluding hydrogens is 422 g/mol. The van der Waals surface area contributed by atoms with Crippen molar-refractivity contribution in [2.45, 2.75) is 29.7 Å². The van der Waals surface area contributed by atoms with Crippen LogP contribution in [0.25, 0.3) is 10.8 Å². The summed E-state index contributed by atoms with van der Waals surface area (Å²) in [5.74, 6) is -0.660. The largest absolute Gasteiger partial charge is 0.412 e. The molecule has 1 aliphatic heterocycles. The molecule has 1 heterocycles. The third kappa shape index (κ3) is 4.84. The fourth-order valence-electron chi connectivity index (χ4n) is 3.60. The van der Waals surface area contributed by atoms with E-state index in [1.807, 2.05) is 0 Å². The lowest BCUT2D eigenvalue weighted by atomic mass is 10.1. The summed E-state index contributed by atoms with van der Waals surface area (Å²) in [6.45, 7) is -1.16. The number of nitrogens with zero attached hydrogens (tertiary/aromatic N) is 1. The van der Waals surface area contributed by atoms with E-state index in [2.05, 4.69) is 4.72 Å². The molecule has 4 nitrogen and oxygen atoms in total. The molecule has 1 fully saturated rings. The Labute approximate surface area is 163 Å². The number of nitrogens with one attached hydrogen (secondary N) is 1. The highest BCUT2D eigenvalue weighted by atomic mass is 32.2. The zero-order chi connectivity index (χ0) is 21.4. The lowest BCUT2D eigenvalue weighted by Crippen LogP contribution is -2.54.